The number of hydrogen-bond donors (Lipinski definition) is 1. The average molecular weight is 411 g/mol. The first-order valence-electron chi connectivity index (χ1n) is 9.83. The maximum atomic E-state index is 13.0. The molecule has 1 amide bonds. The molecule has 0 aliphatic carbocycles. The predicted octanol–water partition coefficient (Wildman–Crippen LogP) is 3.67. The molecule has 0 atom stereocenters. The number of aryl methyl sites for hydroxylation is 1. The fourth-order valence-electron chi connectivity index (χ4n) is 2.77. The number of halogens is 1. The molecule has 3 rings (SSSR count). The van der Waals surface area contributed by atoms with Crippen LogP contribution in [0.5, 0.6) is 5.75 Å². The lowest BCUT2D eigenvalue weighted by molar-refractivity contribution is -0.121. The molecule has 0 radical (unpaired) electrons. The standard InChI is InChI=1S/C23H26FN3O3/c1-27(2)12-13-29-20-5-3-4-17(14-20)15-25-22(28)10-11-23-26-16-21(30-23)18-6-8-19(24)9-7-18/h3-9,14,16H,10-13,15H2,1-2H3,(H,25,28). The summed E-state index contributed by atoms with van der Waals surface area (Å²) in [7, 11) is 3.99. The molecular formula is C23H26FN3O3. The second-order valence-electron chi connectivity index (χ2n) is 7.20. The monoisotopic (exact) mass is 411 g/mol. The Morgan fingerprint density at radius 3 is 2.77 bits per heavy atom. The van der Waals surface area contributed by atoms with Gasteiger partial charge in [-0.1, -0.05) is 12.1 Å². The fraction of sp³-hybridized carbons (Fsp3) is 0.304. The molecule has 2 aromatic carbocycles. The van der Waals surface area contributed by atoms with E-state index in [0.29, 0.717) is 31.2 Å². The lowest BCUT2D eigenvalue weighted by Gasteiger charge is -2.12. The molecule has 6 nitrogen and oxygen atoms in total. The Kier molecular flexibility index (Phi) is 7.57. The Hall–Kier alpha value is -3.19. The first-order valence-corrected chi connectivity index (χ1v) is 9.83. The van der Waals surface area contributed by atoms with Gasteiger partial charge in [-0.05, 0) is 56.1 Å². The molecule has 0 saturated carbocycles. The van der Waals surface area contributed by atoms with E-state index >= 15 is 0 Å². The number of hydrogen-bond acceptors (Lipinski definition) is 5. The first-order chi connectivity index (χ1) is 14.5. The van der Waals surface area contributed by atoms with Gasteiger partial charge in [0.05, 0.1) is 6.20 Å². The summed E-state index contributed by atoms with van der Waals surface area (Å²) >= 11 is 0. The topological polar surface area (TPSA) is 67.6 Å². The van der Waals surface area contributed by atoms with Gasteiger partial charge in [0, 0.05) is 31.5 Å². The molecule has 0 saturated heterocycles. The van der Waals surface area contributed by atoms with Gasteiger partial charge in [0.15, 0.2) is 11.7 Å². The molecule has 3 aromatic rings. The van der Waals surface area contributed by atoms with Crippen molar-refractivity contribution < 1.29 is 18.3 Å². The summed E-state index contributed by atoms with van der Waals surface area (Å²) in [5.41, 5.74) is 1.72. The Labute approximate surface area is 175 Å². The van der Waals surface area contributed by atoms with Crippen molar-refractivity contribution in [2.45, 2.75) is 19.4 Å². The molecule has 0 spiro atoms. The summed E-state index contributed by atoms with van der Waals surface area (Å²) in [6.07, 6.45) is 2.24. The molecule has 0 aliphatic rings. The maximum absolute atomic E-state index is 13.0. The van der Waals surface area contributed by atoms with Crippen LogP contribution in [-0.4, -0.2) is 43.0 Å². The van der Waals surface area contributed by atoms with Gasteiger partial charge in [-0.25, -0.2) is 9.37 Å². The third-order valence-electron chi connectivity index (χ3n) is 4.44. The van der Waals surface area contributed by atoms with E-state index in [0.717, 1.165) is 23.4 Å². The number of likely N-dealkylation sites (N-methyl/N-ethyl adjacent to an activating group) is 1. The van der Waals surface area contributed by atoms with E-state index < -0.39 is 0 Å². The molecule has 0 bridgehead atoms. The van der Waals surface area contributed by atoms with Crippen molar-refractivity contribution in [2.75, 3.05) is 27.2 Å². The molecule has 0 unspecified atom stereocenters. The van der Waals surface area contributed by atoms with E-state index in [2.05, 4.69) is 15.2 Å². The molecule has 0 fully saturated rings. The summed E-state index contributed by atoms with van der Waals surface area (Å²) in [5, 5.41) is 2.90. The van der Waals surface area contributed by atoms with Crippen molar-refractivity contribution in [1.82, 2.24) is 15.2 Å². The number of carbonyl (C=O) groups excluding carboxylic acids is 1. The van der Waals surface area contributed by atoms with Crippen LogP contribution in [0.3, 0.4) is 0 Å². The third-order valence-corrected chi connectivity index (χ3v) is 4.44. The van der Waals surface area contributed by atoms with Crippen LogP contribution in [0.4, 0.5) is 4.39 Å². The zero-order chi connectivity index (χ0) is 21.3. The second-order valence-corrected chi connectivity index (χ2v) is 7.20. The van der Waals surface area contributed by atoms with E-state index in [1.807, 2.05) is 38.4 Å². The molecule has 158 valence electrons. The molecular weight excluding hydrogens is 385 g/mol. The number of rotatable bonds is 10. The zero-order valence-electron chi connectivity index (χ0n) is 17.2. The second kappa shape index (κ2) is 10.5. The van der Waals surface area contributed by atoms with Gasteiger partial charge in [-0.3, -0.25) is 4.79 Å². The van der Waals surface area contributed by atoms with Crippen LogP contribution in [0, 0.1) is 5.82 Å². The Bertz CT molecular complexity index is 954. The normalized spacial score (nSPS) is 10.9. The van der Waals surface area contributed by atoms with E-state index in [9.17, 15) is 9.18 Å². The molecule has 1 aromatic heterocycles. The quantitative estimate of drug-likeness (QED) is 0.551. The van der Waals surface area contributed by atoms with Crippen LogP contribution in [0.1, 0.15) is 17.9 Å². The number of carbonyl (C=O) groups is 1. The van der Waals surface area contributed by atoms with Crippen molar-refractivity contribution in [2.24, 2.45) is 0 Å². The molecule has 30 heavy (non-hydrogen) atoms. The van der Waals surface area contributed by atoms with Gasteiger partial charge in [-0.2, -0.15) is 0 Å². The minimum atomic E-state index is -0.305. The number of nitrogens with zero attached hydrogens (tertiary/aromatic N) is 2. The van der Waals surface area contributed by atoms with E-state index in [4.69, 9.17) is 9.15 Å². The number of aromatic nitrogens is 1. The lowest BCUT2D eigenvalue weighted by Crippen LogP contribution is -2.23. The van der Waals surface area contributed by atoms with Crippen molar-refractivity contribution in [3.05, 3.63) is 72.0 Å². The highest BCUT2D eigenvalue weighted by Gasteiger charge is 2.09. The first kappa shape index (κ1) is 21.5. The van der Waals surface area contributed by atoms with Gasteiger partial charge < -0.3 is 19.4 Å². The number of nitrogens with one attached hydrogen (secondary N) is 1. The Balaban J connectivity index is 1.44. The third kappa shape index (κ3) is 6.70. The van der Waals surface area contributed by atoms with Crippen LogP contribution in [0.25, 0.3) is 11.3 Å². The molecule has 7 heteroatoms. The van der Waals surface area contributed by atoms with Crippen molar-refractivity contribution in [3.63, 3.8) is 0 Å². The largest absolute Gasteiger partial charge is 0.492 e. The average Bonchev–Trinajstić information content (AvgIpc) is 3.20. The fourth-order valence-corrected chi connectivity index (χ4v) is 2.77. The van der Waals surface area contributed by atoms with Gasteiger partial charge >= 0.3 is 0 Å². The highest BCUT2D eigenvalue weighted by atomic mass is 19.1. The number of amides is 1. The summed E-state index contributed by atoms with van der Waals surface area (Å²) in [5.74, 6) is 1.42. The van der Waals surface area contributed by atoms with Crippen LogP contribution in [-0.2, 0) is 17.8 Å². The number of oxazole rings is 1. The van der Waals surface area contributed by atoms with Gasteiger partial charge in [0.25, 0.3) is 0 Å². The highest BCUT2D eigenvalue weighted by molar-refractivity contribution is 5.76. The van der Waals surface area contributed by atoms with E-state index in [-0.39, 0.29) is 18.1 Å². The smallest absolute Gasteiger partial charge is 0.220 e. The van der Waals surface area contributed by atoms with Crippen molar-refractivity contribution in [1.29, 1.82) is 0 Å². The number of benzene rings is 2. The van der Waals surface area contributed by atoms with Crippen molar-refractivity contribution >= 4 is 5.91 Å². The molecule has 0 aliphatic heterocycles. The summed E-state index contributed by atoms with van der Waals surface area (Å²) < 4.78 is 24.4. The SMILES string of the molecule is CN(C)CCOc1cccc(CNC(=O)CCc2ncc(-c3ccc(F)cc3)o2)c1. The Morgan fingerprint density at radius 1 is 1.20 bits per heavy atom. The minimum absolute atomic E-state index is 0.0875. The summed E-state index contributed by atoms with van der Waals surface area (Å²) in [4.78, 5) is 18.4. The summed E-state index contributed by atoms with van der Waals surface area (Å²) in [6, 6.07) is 13.7. The lowest BCUT2D eigenvalue weighted by atomic mass is 10.2. The van der Waals surface area contributed by atoms with E-state index in [1.54, 1.807) is 18.3 Å². The summed E-state index contributed by atoms with van der Waals surface area (Å²) in [6.45, 7) is 1.87. The van der Waals surface area contributed by atoms with Crippen molar-refractivity contribution in [3.8, 4) is 17.1 Å². The zero-order valence-corrected chi connectivity index (χ0v) is 17.2. The van der Waals surface area contributed by atoms with E-state index in [1.165, 1.54) is 12.1 Å². The number of ether oxygens (including phenoxy) is 1. The van der Waals surface area contributed by atoms with Crippen LogP contribution in [0.15, 0.2) is 59.1 Å². The van der Waals surface area contributed by atoms with Gasteiger partial charge in [-0.15, -0.1) is 0 Å². The van der Waals surface area contributed by atoms with Gasteiger partial charge in [0.1, 0.15) is 18.2 Å². The van der Waals surface area contributed by atoms with Crippen LogP contribution >= 0.6 is 0 Å². The predicted molar refractivity (Wildman–Crippen MR) is 113 cm³/mol. The molecule has 1 heterocycles. The molecule has 1 N–H and O–H groups in total. The maximum Gasteiger partial charge on any atom is 0.220 e. The minimum Gasteiger partial charge on any atom is -0.492 e. The van der Waals surface area contributed by atoms with Crippen LogP contribution in [0.2, 0.25) is 0 Å². The Morgan fingerprint density at radius 2 is 2.00 bits per heavy atom. The van der Waals surface area contributed by atoms with Gasteiger partial charge in [0.2, 0.25) is 5.91 Å². The highest BCUT2D eigenvalue weighted by Crippen LogP contribution is 2.21. The van der Waals surface area contributed by atoms with Crippen LogP contribution < -0.4 is 10.1 Å².